The Labute approximate surface area is 92.4 Å². The summed E-state index contributed by atoms with van der Waals surface area (Å²) in [5.41, 5.74) is 1.44. The van der Waals surface area contributed by atoms with E-state index < -0.39 is 5.97 Å². The number of likely N-dealkylation sites (N-methyl/N-ethyl adjacent to an activating group) is 1. The molecule has 0 radical (unpaired) electrons. The third-order valence-electron chi connectivity index (χ3n) is 2.28. The predicted octanol–water partition coefficient (Wildman–Crippen LogP) is 1.15. The maximum Gasteiger partial charge on any atom is 0.323 e. The molecule has 5 heteroatoms. The largest absolute Gasteiger partial charge is 0.480 e. The number of aromatic nitrogens is 2. The summed E-state index contributed by atoms with van der Waals surface area (Å²) in [7, 11) is 1.73. The van der Waals surface area contributed by atoms with Crippen LogP contribution in [-0.4, -0.2) is 34.6 Å². The number of nitrogens with zero attached hydrogens (tertiary/aromatic N) is 3. The summed E-state index contributed by atoms with van der Waals surface area (Å²) in [4.78, 5) is 20.5. The highest BCUT2D eigenvalue weighted by atomic mass is 16.4. The van der Waals surface area contributed by atoms with Crippen LogP contribution in [-0.2, 0) is 4.79 Å². The molecule has 0 aliphatic heterocycles. The monoisotopic (exact) mass is 217 g/mol. The maximum atomic E-state index is 10.6. The minimum Gasteiger partial charge on any atom is -0.480 e. The van der Waals surface area contributed by atoms with Gasteiger partial charge in [-0.1, -0.05) is 0 Å². The van der Waals surface area contributed by atoms with Gasteiger partial charge < -0.3 is 10.0 Å². The molecular weight excluding hydrogens is 206 g/mol. The minimum atomic E-state index is -0.864. The Hall–Kier alpha value is -2.17. The molecule has 0 bridgehead atoms. The van der Waals surface area contributed by atoms with Crippen molar-refractivity contribution in [2.75, 3.05) is 18.5 Å². The van der Waals surface area contributed by atoms with Crippen molar-refractivity contribution in [3.8, 4) is 0 Å². The molecule has 0 atom stereocenters. The van der Waals surface area contributed by atoms with Crippen molar-refractivity contribution < 1.29 is 9.90 Å². The summed E-state index contributed by atoms with van der Waals surface area (Å²) in [6, 6.07) is 5.47. The van der Waals surface area contributed by atoms with Crippen molar-refractivity contribution in [2.45, 2.75) is 0 Å². The molecule has 1 N–H and O–H groups in total. The number of hydrogen-bond donors (Lipinski definition) is 1. The number of aliphatic carboxylic acids is 1. The number of carboxylic acids is 1. The molecule has 0 aromatic carbocycles. The molecule has 0 fully saturated rings. The van der Waals surface area contributed by atoms with Crippen LogP contribution in [0.25, 0.3) is 11.0 Å². The van der Waals surface area contributed by atoms with E-state index in [0.29, 0.717) is 5.65 Å². The molecule has 2 heterocycles. The van der Waals surface area contributed by atoms with Gasteiger partial charge >= 0.3 is 5.97 Å². The van der Waals surface area contributed by atoms with Gasteiger partial charge in [-0.15, -0.1) is 0 Å². The van der Waals surface area contributed by atoms with Crippen LogP contribution in [0.15, 0.2) is 30.6 Å². The standard InChI is InChI=1S/C11H11N3O2/c1-14(7-10(15)16)9-4-6-13-11-8(9)3-2-5-12-11/h2-6H,7H2,1H3,(H,15,16). The lowest BCUT2D eigenvalue weighted by Gasteiger charge is -2.17. The van der Waals surface area contributed by atoms with Gasteiger partial charge in [-0.2, -0.15) is 0 Å². The maximum absolute atomic E-state index is 10.6. The Morgan fingerprint density at radius 1 is 1.38 bits per heavy atom. The molecular formula is C11H11N3O2. The highest BCUT2D eigenvalue weighted by molar-refractivity contribution is 5.90. The molecule has 0 aliphatic rings. The Morgan fingerprint density at radius 3 is 2.88 bits per heavy atom. The molecule has 0 saturated carbocycles. The first-order chi connectivity index (χ1) is 7.68. The van der Waals surface area contributed by atoms with Gasteiger partial charge in [0.2, 0.25) is 0 Å². The molecule has 82 valence electrons. The topological polar surface area (TPSA) is 66.3 Å². The first kappa shape index (κ1) is 10.4. The zero-order valence-electron chi connectivity index (χ0n) is 8.79. The fourth-order valence-corrected chi connectivity index (χ4v) is 1.59. The van der Waals surface area contributed by atoms with Crippen LogP contribution in [0.5, 0.6) is 0 Å². The second-order valence-corrected chi connectivity index (χ2v) is 3.45. The van der Waals surface area contributed by atoms with E-state index in [4.69, 9.17) is 5.11 Å². The first-order valence-electron chi connectivity index (χ1n) is 4.81. The van der Waals surface area contributed by atoms with Gasteiger partial charge in [0, 0.05) is 30.5 Å². The molecule has 0 saturated heterocycles. The summed E-state index contributed by atoms with van der Waals surface area (Å²) >= 11 is 0. The summed E-state index contributed by atoms with van der Waals surface area (Å²) < 4.78 is 0. The van der Waals surface area contributed by atoms with E-state index in [9.17, 15) is 4.79 Å². The number of anilines is 1. The van der Waals surface area contributed by atoms with E-state index in [2.05, 4.69) is 9.97 Å². The second-order valence-electron chi connectivity index (χ2n) is 3.45. The first-order valence-corrected chi connectivity index (χ1v) is 4.81. The predicted molar refractivity (Wildman–Crippen MR) is 60.4 cm³/mol. The highest BCUT2D eigenvalue weighted by Crippen LogP contribution is 2.22. The summed E-state index contributed by atoms with van der Waals surface area (Å²) in [6.07, 6.45) is 3.29. The van der Waals surface area contributed by atoms with E-state index in [1.165, 1.54) is 0 Å². The Kier molecular flexibility index (Phi) is 2.68. The highest BCUT2D eigenvalue weighted by Gasteiger charge is 2.09. The van der Waals surface area contributed by atoms with Gasteiger partial charge in [-0.3, -0.25) is 4.79 Å². The number of carbonyl (C=O) groups is 1. The molecule has 0 unspecified atom stereocenters. The molecule has 0 spiro atoms. The number of hydrogen-bond acceptors (Lipinski definition) is 4. The minimum absolute atomic E-state index is 0.0476. The van der Waals surface area contributed by atoms with Crippen LogP contribution in [0, 0.1) is 0 Å². The molecule has 0 amide bonds. The summed E-state index contributed by atoms with van der Waals surface area (Å²) in [5, 5.41) is 9.60. The van der Waals surface area contributed by atoms with Crippen molar-refractivity contribution in [1.82, 2.24) is 9.97 Å². The smallest absolute Gasteiger partial charge is 0.323 e. The van der Waals surface area contributed by atoms with Crippen molar-refractivity contribution in [3.05, 3.63) is 30.6 Å². The van der Waals surface area contributed by atoms with Crippen LogP contribution < -0.4 is 4.90 Å². The fourth-order valence-electron chi connectivity index (χ4n) is 1.59. The summed E-state index contributed by atoms with van der Waals surface area (Å²) in [6.45, 7) is -0.0476. The molecule has 2 aromatic rings. The van der Waals surface area contributed by atoms with Crippen molar-refractivity contribution in [3.63, 3.8) is 0 Å². The molecule has 0 aliphatic carbocycles. The quantitative estimate of drug-likeness (QED) is 0.835. The van der Waals surface area contributed by atoms with Crippen molar-refractivity contribution >= 4 is 22.7 Å². The van der Waals surface area contributed by atoms with Crippen LogP contribution in [0.4, 0.5) is 5.69 Å². The molecule has 5 nitrogen and oxygen atoms in total. The van der Waals surface area contributed by atoms with Gasteiger partial charge in [-0.25, -0.2) is 9.97 Å². The van der Waals surface area contributed by atoms with Gasteiger partial charge in [0.15, 0.2) is 5.65 Å². The average Bonchev–Trinajstić information content (AvgIpc) is 2.27. The van der Waals surface area contributed by atoms with E-state index in [-0.39, 0.29) is 6.54 Å². The SMILES string of the molecule is CN(CC(=O)O)c1ccnc2ncccc12. The lowest BCUT2D eigenvalue weighted by molar-refractivity contribution is -0.135. The zero-order chi connectivity index (χ0) is 11.5. The van der Waals surface area contributed by atoms with Gasteiger partial charge in [0.1, 0.15) is 6.54 Å². The third kappa shape index (κ3) is 1.93. The molecule has 16 heavy (non-hydrogen) atoms. The Balaban J connectivity index is 2.47. The van der Waals surface area contributed by atoms with E-state index in [1.807, 2.05) is 12.1 Å². The second kappa shape index (κ2) is 4.14. The van der Waals surface area contributed by atoms with Crippen LogP contribution in [0.3, 0.4) is 0 Å². The lowest BCUT2D eigenvalue weighted by atomic mass is 10.2. The van der Waals surface area contributed by atoms with Gasteiger partial charge in [-0.05, 0) is 18.2 Å². The number of rotatable bonds is 3. The van der Waals surface area contributed by atoms with Crippen molar-refractivity contribution in [1.29, 1.82) is 0 Å². The van der Waals surface area contributed by atoms with Crippen molar-refractivity contribution in [2.24, 2.45) is 0 Å². The van der Waals surface area contributed by atoms with Crippen LogP contribution >= 0.6 is 0 Å². The van der Waals surface area contributed by atoms with Crippen LogP contribution in [0.1, 0.15) is 0 Å². The number of pyridine rings is 2. The summed E-state index contributed by atoms with van der Waals surface area (Å²) in [5.74, 6) is -0.864. The fraction of sp³-hybridized carbons (Fsp3) is 0.182. The number of carboxylic acid groups (broad SMARTS) is 1. The van der Waals surface area contributed by atoms with E-state index >= 15 is 0 Å². The van der Waals surface area contributed by atoms with Gasteiger partial charge in [0.05, 0.1) is 0 Å². The van der Waals surface area contributed by atoms with E-state index in [0.717, 1.165) is 11.1 Å². The van der Waals surface area contributed by atoms with E-state index in [1.54, 1.807) is 30.4 Å². The normalized spacial score (nSPS) is 10.3. The zero-order valence-corrected chi connectivity index (χ0v) is 8.79. The Bertz CT molecular complexity index is 522. The average molecular weight is 217 g/mol. The van der Waals surface area contributed by atoms with Crippen LogP contribution in [0.2, 0.25) is 0 Å². The lowest BCUT2D eigenvalue weighted by Crippen LogP contribution is -2.25. The van der Waals surface area contributed by atoms with Gasteiger partial charge in [0.25, 0.3) is 0 Å². The molecule has 2 rings (SSSR count). The third-order valence-corrected chi connectivity index (χ3v) is 2.28. The molecule has 2 aromatic heterocycles. The number of fused-ring (bicyclic) bond motifs is 1. The Morgan fingerprint density at radius 2 is 2.12 bits per heavy atom.